The van der Waals surface area contributed by atoms with Gasteiger partial charge in [-0.15, -0.1) is 11.3 Å². The Morgan fingerprint density at radius 3 is 2.46 bits per heavy atom. The Hall–Kier alpha value is -2.87. The molecule has 0 saturated heterocycles. The van der Waals surface area contributed by atoms with Crippen LogP contribution in [0.4, 0.5) is 10.1 Å². The van der Waals surface area contributed by atoms with Gasteiger partial charge in [0.1, 0.15) is 15.7 Å². The number of nitrogens with zero attached hydrogens (tertiary/aromatic N) is 3. The van der Waals surface area contributed by atoms with E-state index in [0.29, 0.717) is 26.8 Å². The number of benzene rings is 1. The maximum atomic E-state index is 13.0. The van der Waals surface area contributed by atoms with Crippen LogP contribution in [0.5, 0.6) is 0 Å². The average molecular weight is 372 g/mol. The molecule has 0 aliphatic heterocycles. The molecule has 26 heavy (non-hydrogen) atoms. The summed E-state index contributed by atoms with van der Waals surface area (Å²) in [6.45, 7) is 5.35. The van der Waals surface area contributed by atoms with Crippen LogP contribution in [0, 0.1) is 26.6 Å². The Bertz CT molecular complexity index is 1050. The van der Waals surface area contributed by atoms with Crippen molar-refractivity contribution in [2.24, 2.45) is 7.05 Å². The second kappa shape index (κ2) is 6.80. The van der Waals surface area contributed by atoms with E-state index < -0.39 is 0 Å². The number of aromatic nitrogens is 3. The van der Waals surface area contributed by atoms with E-state index in [1.54, 1.807) is 14.0 Å². The van der Waals surface area contributed by atoms with Crippen LogP contribution in [0.1, 0.15) is 26.6 Å². The van der Waals surface area contributed by atoms with Crippen LogP contribution in [0.25, 0.3) is 10.6 Å². The zero-order chi connectivity index (χ0) is 19.0. The van der Waals surface area contributed by atoms with Crippen molar-refractivity contribution in [3.05, 3.63) is 62.3 Å². The van der Waals surface area contributed by atoms with E-state index in [0.717, 1.165) is 22.6 Å². The van der Waals surface area contributed by atoms with Crippen molar-refractivity contribution < 1.29 is 9.18 Å². The van der Waals surface area contributed by atoms with Gasteiger partial charge in [0.2, 0.25) is 0 Å². The Kier molecular flexibility index (Phi) is 4.69. The molecule has 1 amide bonds. The molecule has 3 aromatic rings. The number of amides is 1. The second-order valence-corrected chi connectivity index (χ2v) is 6.91. The SMILES string of the molecule is Cc1nc(-c2c(C)c(C)nn(C)c2=O)sc1C(=O)Nc1ccc(F)cc1. The number of carbonyl (C=O) groups is 1. The van der Waals surface area contributed by atoms with E-state index in [-0.39, 0.29) is 17.3 Å². The zero-order valence-electron chi connectivity index (χ0n) is 14.8. The summed E-state index contributed by atoms with van der Waals surface area (Å²) in [4.78, 5) is 29.8. The summed E-state index contributed by atoms with van der Waals surface area (Å²) in [5.74, 6) is -0.725. The van der Waals surface area contributed by atoms with Gasteiger partial charge in [-0.2, -0.15) is 5.10 Å². The normalized spacial score (nSPS) is 10.8. The second-order valence-electron chi connectivity index (χ2n) is 5.91. The van der Waals surface area contributed by atoms with E-state index in [4.69, 9.17) is 0 Å². The monoisotopic (exact) mass is 372 g/mol. The van der Waals surface area contributed by atoms with Gasteiger partial charge in [0.25, 0.3) is 11.5 Å². The van der Waals surface area contributed by atoms with Crippen LogP contribution < -0.4 is 10.9 Å². The van der Waals surface area contributed by atoms with Crippen molar-refractivity contribution in [1.82, 2.24) is 14.8 Å². The van der Waals surface area contributed by atoms with E-state index >= 15 is 0 Å². The third kappa shape index (κ3) is 3.28. The molecule has 0 fully saturated rings. The number of thiazole rings is 1. The topological polar surface area (TPSA) is 76.9 Å². The Labute approximate surface area is 153 Å². The first-order valence-corrected chi connectivity index (χ1v) is 8.68. The molecule has 0 bridgehead atoms. The van der Waals surface area contributed by atoms with Gasteiger partial charge in [0.15, 0.2) is 0 Å². The molecular formula is C18H17FN4O2S. The number of aryl methyl sites for hydroxylation is 3. The molecule has 2 heterocycles. The highest BCUT2D eigenvalue weighted by atomic mass is 32.1. The maximum Gasteiger partial charge on any atom is 0.277 e. The number of halogens is 1. The third-order valence-electron chi connectivity index (χ3n) is 4.04. The van der Waals surface area contributed by atoms with Gasteiger partial charge < -0.3 is 5.32 Å². The highest BCUT2D eigenvalue weighted by molar-refractivity contribution is 7.17. The van der Waals surface area contributed by atoms with E-state index in [9.17, 15) is 14.0 Å². The molecule has 0 saturated carbocycles. The van der Waals surface area contributed by atoms with Gasteiger partial charge in [-0.25, -0.2) is 14.1 Å². The van der Waals surface area contributed by atoms with Gasteiger partial charge in [0, 0.05) is 12.7 Å². The van der Waals surface area contributed by atoms with Crippen LogP contribution in [0.3, 0.4) is 0 Å². The fourth-order valence-electron chi connectivity index (χ4n) is 2.54. The van der Waals surface area contributed by atoms with Crippen molar-refractivity contribution >= 4 is 22.9 Å². The molecule has 0 aliphatic rings. The molecule has 3 rings (SSSR count). The lowest BCUT2D eigenvalue weighted by molar-refractivity contribution is 0.103. The standard InChI is InChI=1S/C18H17FN4O2S/c1-9-10(2)22-23(4)18(25)14(9)17-20-11(3)15(26-17)16(24)21-13-7-5-12(19)6-8-13/h5-8H,1-4H3,(H,21,24). The number of nitrogens with one attached hydrogen (secondary N) is 1. The quantitative estimate of drug-likeness (QED) is 0.766. The average Bonchev–Trinajstić information content (AvgIpc) is 2.97. The molecule has 1 aromatic carbocycles. The Balaban J connectivity index is 1.99. The summed E-state index contributed by atoms with van der Waals surface area (Å²) in [6.07, 6.45) is 0. The lowest BCUT2D eigenvalue weighted by Gasteiger charge is -2.07. The predicted octanol–water partition coefficient (Wildman–Crippen LogP) is 3.22. The minimum Gasteiger partial charge on any atom is -0.321 e. The van der Waals surface area contributed by atoms with Crippen LogP contribution in [0.2, 0.25) is 0 Å². The lowest BCUT2D eigenvalue weighted by atomic mass is 10.1. The summed E-state index contributed by atoms with van der Waals surface area (Å²) < 4.78 is 14.3. The number of carbonyl (C=O) groups excluding carboxylic acids is 1. The van der Waals surface area contributed by atoms with Gasteiger partial charge >= 0.3 is 0 Å². The van der Waals surface area contributed by atoms with Crippen molar-refractivity contribution in [3.8, 4) is 10.6 Å². The first-order chi connectivity index (χ1) is 12.3. The van der Waals surface area contributed by atoms with Crippen molar-refractivity contribution in [3.63, 3.8) is 0 Å². The van der Waals surface area contributed by atoms with Crippen molar-refractivity contribution in [2.45, 2.75) is 20.8 Å². The Morgan fingerprint density at radius 2 is 1.81 bits per heavy atom. The summed E-state index contributed by atoms with van der Waals surface area (Å²) in [6, 6.07) is 5.51. The summed E-state index contributed by atoms with van der Waals surface area (Å²) in [5.41, 5.74) is 2.68. The molecule has 0 radical (unpaired) electrons. The van der Waals surface area contributed by atoms with Crippen LogP contribution in [-0.4, -0.2) is 20.7 Å². The molecule has 134 valence electrons. The molecule has 0 unspecified atom stereocenters. The molecule has 8 heteroatoms. The van der Waals surface area contributed by atoms with E-state index in [2.05, 4.69) is 15.4 Å². The highest BCUT2D eigenvalue weighted by Crippen LogP contribution is 2.29. The molecule has 1 N–H and O–H groups in total. The molecular weight excluding hydrogens is 355 g/mol. The van der Waals surface area contributed by atoms with Gasteiger partial charge in [-0.1, -0.05) is 0 Å². The minimum atomic E-state index is -0.376. The Morgan fingerprint density at radius 1 is 1.15 bits per heavy atom. The number of hydrogen-bond acceptors (Lipinski definition) is 5. The highest BCUT2D eigenvalue weighted by Gasteiger charge is 2.21. The molecule has 2 aromatic heterocycles. The molecule has 0 spiro atoms. The summed E-state index contributed by atoms with van der Waals surface area (Å²) >= 11 is 1.15. The van der Waals surface area contributed by atoms with E-state index in [1.807, 2.05) is 13.8 Å². The molecule has 0 atom stereocenters. The lowest BCUT2D eigenvalue weighted by Crippen LogP contribution is -2.23. The van der Waals surface area contributed by atoms with Crippen molar-refractivity contribution in [1.29, 1.82) is 0 Å². The van der Waals surface area contributed by atoms with E-state index in [1.165, 1.54) is 28.9 Å². The number of anilines is 1. The van der Waals surface area contributed by atoms with Gasteiger partial charge in [-0.3, -0.25) is 9.59 Å². The molecule has 0 aliphatic carbocycles. The van der Waals surface area contributed by atoms with Gasteiger partial charge in [-0.05, 0) is 50.6 Å². The van der Waals surface area contributed by atoms with Gasteiger partial charge in [0.05, 0.1) is 17.0 Å². The predicted molar refractivity (Wildman–Crippen MR) is 99.2 cm³/mol. The van der Waals surface area contributed by atoms with Crippen LogP contribution >= 0.6 is 11.3 Å². The van der Waals surface area contributed by atoms with Crippen LogP contribution in [-0.2, 0) is 7.05 Å². The smallest absolute Gasteiger partial charge is 0.277 e. The molecule has 6 nitrogen and oxygen atoms in total. The third-order valence-corrected chi connectivity index (χ3v) is 5.22. The number of hydrogen-bond donors (Lipinski definition) is 1. The van der Waals surface area contributed by atoms with Crippen LogP contribution in [0.15, 0.2) is 29.1 Å². The first-order valence-electron chi connectivity index (χ1n) is 7.87. The summed E-state index contributed by atoms with van der Waals surface area (Å²) in [7, 11) is 1.58. The zero-order valence-corrected chi connectivity index (χ0v) is 15.6. The maximum absolute atomic E-state index is 13.0. The minimum absolute atomic E-state index is 0.257. The fourth-order valence-corrected chi connectivity index (χ4v) is 3.59. The summed E-state index contributed by atoms with van der Waals surface area (Å²) in [5, 5.41) is 7.35. The van der Waals surface area contributed by atoms with Crippen molar-refractivity contribution in [2.75, 3.05) is 5.32 Å². The number of rotatable bonds is 3. The largest absolute Gasteiger partial charge is 0.321 e. The first kappa shape index (κ1) is 17.9. The fraction of sp³-hybridized carbons (Fsp3) is 0.222.